The lowest BCUT2D eigenvalue weighted by atomic mass is 10.0. The second-order valence-electron chi connectivity index (χ2n) is 11.9. The second kappa shape index (κ2) is 21.0. The van der Waals surface area contributed by atoms with E-state index in [4.69, 9.17) is 4.74 Å². The number of benzene rings is 2. The molecule has 3 rings (SSSR count). The summed E-state index contributed by atoms with van der Waals surface area (Å²) in [6.07, 6.45) is 25.3. The first-order chi connectivity index (χ1) is 20.7. The van der Waals surface area contributed by atoms with Gasteiger partial charge in [-0.25, -0.2) is 14.4 Å². The Labute approximate surface area is 255 Å². The lowest BCUT2D eigenvalue weighted by Crippen LogP contribution is -2.12. The van der Waals surface area contributed by atoms with Gasteiger partial charge in [0.25, 0.3) is 0 Å². The zero-order valence-corrected chi connectivity index (χ0v) is 26.5. The molecule has 0 aliphatic carbocycles. The number of halogens is 1. The minimum Gasteiger partial charge on any atom is -0.491 e. The number of alkyl halides is 1. The summed E-state index contributed by atoms with van der Waals surface area (Å²) in [6, 6.07) is 16.5. The molecule has 2 aromatic carbocycles. The third kappa shape index (κ3) is 13.5. The van der Waals surface area contributed by atoms with Gasteiger partial charge in [-0.2, -0.15) is 0 Å². The van der Waals surface area contributed by atoms with Crippen molar-refractivity contribution in [3.8, 4) is 28.3 Å². The van der Waals surface area contributed by atoms with Crippen molar-refractivity contribution in [2.24, 2.45) is 0 Å². The highest BCUT2D eigenvalue weighted by Crippen LogP contribution is 2.24. The Morgan fingerprint density at radius 1 is 0.571 bits per heavy atom. The van der Waals surface area contributed by atoms with E-state index in [9.17, 15) is 4.39 Å². The zero-order chi connectivity index (χ0) is 29.7. The molecule has 0 saturated heterocycles. The summed E-state index contributed by atoms with van der Waals surface area (Å²) < 4.78 is 19.9. The average Bonchev–Trinajstić information content (AvgIpc) is 3.03. The summed E-state index contributed by atoms with van der Waals surface area (Å²) in [5.41, 5.74) is 4.48. The Kier molecular flexibility index (Phi) is 16.9. The van der Waals surface area contributed by atoms with E-state index in [1.807, 2.05) is 36.7 Å². The van der Waals surface area contributed by atoms with Gasteiger partial charge in [0, 0.05) is 23.5 Å². The average molecular weight is 575 g/mol. The minimum absolute atomic E-state index is 0.109. The van der Waals surface area contributed by atoms with Crippen LogP contribution in [-0.4, -0.2) is 22.7 Å². The summed E-state index contributed by atoms with van der Waals surface area (Å²) in [6.45, 7) is 4.60. The van der Waals surface area contributed by atoms with E-state index in [0.717, 1.165) is 36.0 Å². The van der Waals surface area contributed by atoms with Gasteiger partial charge in [0.1, 0.15) is 18.5 Å². The van der Waals surface area contributed by atoms with Crippen LogP contribution in [0.3, 0.4) is 0 Å². The number of ether oxygens (including phenoxy) is 1. The summed E-state index contributed by atoms with van der Waals surface area (Å²) in [4.78, 5) is 9.21. The van der Waals surface area contributed by atoms with Gasteiger partial charge in [-0.15, -0.1) is 0 Å². The molecule has 0 spiro atoms. The van der Waals surface area contributed by atoms with E-state index in [-0.39, 0.29) is 6.61 Å². The van der Waals surface area contributed by atoms with Crippen LogP contribution in [0.2, 0.25) is 0 Å². The highest BCUT2D eigenvalue weighted by molar-refractivity contribution is 5.64. The quantitative estimate of drug-likeness (QED) is 0.106. The Bertz CT molecular complexity index is 1070. The van der Waals surface area contributed by atoms with Crippen LogP contribution in [0.4, 0.5) is 4.39 Å². The van der Waals surface area contributed by atoms with Crippen molar-refractivity contribution in [1.82, 2.24) is 9.97 Å². The van der Waals surface area contributed by atoms with Gasteiger partial charge in [-0.3, -0.25) is 0 Å². The summed E-state index contributed by atoms with van der Waals surface area (Å²) in [5, 5.41) is 0. The van der Waals surface area contributed by atoms with Crippen molar-refractivity contribution in [2.75, 3.05) is 6.61 Å². The molecule has 0 amide bonds. The van der Waals surface area contributed by atoms with E-state index in [2.05, 4.69) is 48.1 Å². The molecule has 0 saturated carbocycles. The number of rotatable bonds is 23. The lowest BCUT2D eigenvalue weighted by molar-refractivity contribution is 0.184. The zero-order valence-electron chi connectivity index (χ0n) is 26.5. The monoisotopic (exact) mass is 574 g/mol. The maximum absolute atomic E-state index is 14.2. The van der Waals surface area contributed by atoms with Gasteiger partial charge in [0.15, 0.2) is 5.82 Å². The predicted molar refractivity (Wildman–Crippen MR) is 177 cm³/mol. The van der Waals surface area contributed by atoms with E-state index >= 15 is 0 Å². The number of unbranched alkanes of at least 4 members (excludes halogenated alkanes) is 14. The molecule has 42 heavy (non-hydrogen) atoms. The molecule has 0 aliphatic heterocycles. The van der Waals surface area contributed by atoms with Crippen molar-refractivity contribution < 1.29 is 9.13 Å². The van der Waals surface area contributed by atoms with Gasteiger partial charge >= 0.3 is 0 Å². The Hall–Kier alpha value is -2.75. The first-order valence-corrected chi connectivity index (χ1v) is 17.0. The molecule has 3 aromatic rings. The second-order valence-corrected chi connectivity index (χ2v) is 11.9. The number of hydrogen-bond acceptors (Lipinski definition) is 3. The number of hydrogen-bond donors (Lipinski definition) is 0. The van der Waals surface area contributed by atoms with E-state index in [0.29, 0.717) is 18.0 Å². The molecule has 1 aromatic heterocycles. The first-order valence-electron chi connectivity index (χ1n) is 17.0. The summed E-state index contributed by atoms with van der Waals surface area (Å²) >= 11 is 0. The molecule has 4 heteroatoms. The third-order valence-corrected chi connectivity index (χ3v) is 8.17. The normalized spacial score (nSPS) is 12.0. The molecule has 3 nitrogen and oxygen atoms in total. The Balaban J connectivity index is 1.34. The molecule has 0 N–H and O–H groups in total. The highest BCUT2D eigenvalue weighted by Gasteiger charge is 2.09. The first kappa shape index (κ1) is 33.7. The van der Waals surface area contributed by atoms with Crippen LogP contribution in [0.5, 0.6) is 5.75 Å². The molecule has 0 radical (unpaired) electrons. The standard InChI is InChI=1S/C38H55FN2O/c1-3-5-7-9-11-12-13-14-15-17-19-32-21-23-33(24-22-32)35-29-40-38(41-30-35)34-25-27-37(28-26-34)42-31-36(39)20-18-16-10-8-6-4-2/h21-30,36H,3-20,31H2,1-2H3. The Morgan fingerprint density at radius 2 is 1.07 bits per heavy atom. The van der Waals surface area contributed by atoms with Crippen molar-refractivity contribution in [3.63, 3.8) is 0 Å². The molecule has 1 heterocycles. The van der Waals surface area contributed by atoms with Gasteiger partial charge in [-0.1, -0.05) is 134 Å². The smallest absolute Gasteiger partial charge is 0.159 e. The molecule has 1 atom stereocenters. The SMILES string of the molecule is CCCCCCCCCCCCc1ccc(-c2cnc(-c3ccc(OCC(F)CCCCCCCC)cc3)nc2)cc1. The fraction of sp³-hybridized carbons (Fsp3) is 0.579. The fourth-order valence-electron chi connectivity index (χ4n) is 5.42. The molecule has 0 aliphatic rings. The van der Waals surface area contributed by atoms with Crippen LogP contribution in [-0.2, 0) is 6.42 Å². The summed E-state index contributed by atoms with van der Waals surface area (Å²) in [7, 11) is 0. The van der Waals surface area contributed by atoms with Gasteiger partial charge in [0.05, 0.1) is 0 Å². The maximum atomic E-state index is 14.2. The van der Waals surface area contributed by atoms with Crippen LogP contribution in [0.25, 0.3) is 22.5 Å². The van der Waals surface area contributed by atoms with Crippen LogP contribution >= 0.6 is 0 Å². The van der Waals surface area contributed by atoms with Crippen molar-refractivity contribution in [2.45, 2.75) is 136 Å². The third-order valence-electron chi connectivity index (χ3n) is 8.17. The molecule has 0 fully saturated rings. The predicted octanol–water partition coefficient (Wildman–Crippen LogP) is 11.7. The van der Waals surface area contributed by atoms with Crippen LogP contribution in [0.15, 0.2) is 60.9 Å². The summed E-state index contributed by atoms with van der Waals surface area (Å²) in [5.74, 6) is 1.35. The molecule has 230 valence electrons. The van der Waals surface area contributed by atoms with Crippen molar-refractivity contribution >= 4 is 0 Å². The van der Waals surface area contributed by atoms with Gasteiger partial charge < -0.3 is 4.74 Å². The topological polar surface area (TPSA) is 35.0 Å². The number of aromatic nitrogens is 2. The minimum atomic E-state index is -0.916. The van der Waals surface area contributed by atoms with E-state index in [1.54, 1.807) is 0 Å². The largest absolute Gasteiger partial charge is 0.491 e. The van der Waals surface area contributed by atoms with Crippen LogP contribution < -0.4 is 4.74 Å². The molecule has 1 unspecified atom stereocenters. The van der Waals surface area contributed by atoms with Crippen molar-refractivity contribution in [3.05, 3.63) is 66.5 Å². The van der Waals surface area contributed by atoms with E-state index in [1.165, 1.54) is 95.5 Å². The number of aryl methyl sites for hydroxylation is 1. The molecule has 0 bridgehead atoms. The van der Waals surface area contributed by atoms with Crippen LogP contribution in [0, 0.1) is 0 Å². The van der Waals surface area contributed by atoms with Crippen molar-refractivity contribution in [1.29, 1.82) is 0 Å². The van der Waals surface area contributed by atoms with E-state index < -0.39 is 6.17 Å². The van der Waals surface area contributed by atoms with Gasteiger partial charge in [-0.05, 0) is 54.7 Å². The maximum Gasteiger partial charge on any atom is 0.159 e. The fourth-order valence-corrected chi connectivity index (χ4v) is 5.42. The lowest BCUT2D eigenvalue weighted by Gasteiger charge is -2.11. The van der Waals surface area contributed by atoms with Crippen LogP contribution in [0.1, 0.15) is 129 Å². The van der Waals surface area contributed by atoms with Gasteiger partial charge in [0.2, 0.25) is 0 Å². The Morgan fingerprint density at radius 3 is 1.64 bits per heavy atom. The molecular formula is C38H55FN2O. The highest BCUT2D eigenvalue weighted by atomic mass is 19.1. The number of nitrogens with zero attached hydrogens (tertiary/aromatic N) is 2. The molecular weight excluding hydrogens is 519 g/mol.